The van der Waals surface area contributed by atoms with Crippen molar-refractivity contribution >= 4 is 47.4 Å². The molecule has 0 bridgehead atoms. The van der Waals surface area contributed by atoms with Gasteiger partial charge in [0, 0.05) is 21.2 Å². The van der Waals surface area contributed by atoms with Crippen molar-refractivity contribution < 1.29 is 18.6 Å². The van der Waals surface area contributed by atoms with E-state index in [0.29, 0.717) is 16.4 Å². The Balaban J connectivity index is 1.97. The highest BCUT2D eigenvalue weighted by atomic mass is 35.5. The number of imide groups is 1. The summed E-state index contributed by atoms with van der Waals surface area (Å²) in [5.41, 5.74) is 1.20. The van der Waals surface area contributed by atoms with Crippen LogP contribution < -0.4 is 0 Å². The number of amidine groups is 1. The fourth-order valence-electron chi connectivity index (χ4n) is 2.78. The lowest BCUT2D eigenvalue weighted by molar-refractivity contribution is -0.407. The summed E-state index contributed by atoms with van der Waals surface area (Å²) in [6.45, 7) is 1.84. The molecule has 2 heterocycles. The molecule has 0 saturated carbocycles. The number of hydrogen-bond donors (Lipinski definition) is 0. The molecule has 0 saturated heterocycles. The summed E-state index contributed by atoms with van der Waals surface area (Å²) in [7, 11) is 3.03. The number of allylic oxidation sites excluding steroid dienone is 1. The van der Waals surface area contributed by atoms with Crippen LogP contribution in [-0.2, 0) is 10.5 Å². The second-order valence-electron chi connectivity index (χ2n) is 5.82. The smallest absolute Gasteiger partial charge is 0.255 e. The van der Waals surface area contributed by atoms with Crippen LogP contribution in [0.3, 0.4) is 0 Å². The van der Waals surface area contributed by atoms with Crippen molar-refractivity contribution in [3.8, 4) is 0 Å². The van der Waals surface area contributed by atoms with E-state index in [1.54, 1.807) is 25.4 Å². The van der Waals surface area contributed by atoms with Crippen LogP contribution in [0, 0.1) is 11.7 Å². The van der Waals surface area contributed by atoms with Crippen molar-refractivity contribution in [1.29, 1.82) is 0 Å². The number of carbonyl (C=O) groups is 2. The minimum absolute atomic E-state index is 0.282. The Morgan fingerprint density at radius 2 is 2.12 bits per heavy atom. The molecule has 0 spiro atoms. The maximum atomic E-state index is 14.0. The highest BCUT2D eigenvalue weighted by Crippen LogP contribution is 2.37. The first-order valence-electron chi connectivity index (χ1n) is 7.55. The van der Waals surface area contributed by atoms with E-state index in [9.17, 15) is 14.0 Å². The van der Waals surface area contributed by atoms with E-state index in [0.717, 1.165) is 15.4 Å². The second kappa shape index (κ2) is 6.72. The van der Waals surface area contributed by atoms with Crippen LogP contribution in [0.25, 0.3) is 0 Å². The standard InChI is InChI=1S/C17H16ClFN3O2S/c1-9-7-20-15-13(16(23)22(3)17(24)21(15)2)14(9)25-8-10-11(18)5-4-6-12(10)19/h4-7,13H,8H2,1-3H3/q+1. The quantitative estimate of drug-likeness (QED) is 0.756. The SMILES string of the molecule is CC1=C(SCc2c(F)cccc2Cl)C2C(=O)N(C)C(=O)[N+](C)=C2N=C1. The Bertz CT molecular complexity index is 858. The van der Waals surface area contributed by atoms with E-state index in [1.165, 1.54) is 29.5 Å². The fraction of sp³-hybridized carbons (Fsp3) is 0.294. The van der Waals surface area contributed by atoms with Crippen molar-refractivity contribution in [3.63, 3.8) is 0 Å². The van der Waals surface area contributed by atoms with Crippen molar-refractivity contribution in [2.45, 2.75) is 12.7 Å². The number of fused-ring (bicyclic) bond motifs is 1. The maximum absolute atomic E-state index is 14.0. The van der Waals surface area contributed by atoms with Crippen LogP contribution in [0.4, 0.5) is 9.18 Å². The van der Waals surface area contributed by atoms with Crippen LogP contribution in [-0.4, -0.2) is 47.6 Å². The molecule has 2 aliphatic heterocycles. The molecule has 1 atom stereocenters. The van der Waals surface area contributed by atoms with Gasteiger partial charge in [-0.15, -0.1) is 16.8 Å². The summed E-state index contributed by atoms with van der Waals surface area (Å²) in [6.07, 6.45) is 1.62. The second-order valence-corrected chi connectivity index (χ2v) is 7.25. The normalized spacial score (nSPS) is 20.5. The number of hydrogen-bond acceptors (Lipinski definition) is 4. The predicted octanol–water partition coefficient (Wildman–Crippen LogP) is 3.32. The first-order chi connectivity index (χ1) is 11.8. The number of dihydropyridines is 1. The molecule has 25 heavy (non-hydrogen) atoms. The van der Waals surface area contributed by atoms with Gasteiger partial charge in [-0.3, -0.25) is 4.79 Å². The lowest BCUT2D eigenvalue weighted by atomic mass is 9.99. The van der Waals surface area contributed by atoms with Crippen LogP contribution in [0.5, 0.6) is 0 Å². The van der Waals surface area contributed by atoms with Gasteiger partial charge in [0.1, 0.15) is 12.0 Å². The van der Waals surface area contributed by atoms with Crippen molar-refractivity contribution in [2.75, 3.05) is 14.1 Å². The summed E-state index contributed by atoms with van der Waals surface area (Å²) in [5, 5.41) is 0.346. The number of halogens is 2. The molecular formula is C17H16ClFN3O2S+. The molecule has 0 fully saturated rings. The van der Waals surface area contributed by atoms with Gasteiger partial charge in [-0.1, -0.05) is 17.7 Å². The summed E-state index contributed by atoms with van der Waals surface area (Å²) in [5.74, 6) is -0.707. The molecule has 2 aliphatic rings. The molecule has 0 aliphatic carbocycles. The van der Waals surface area contributed by atoms with E-state index >= 15 is 0 Å². The summed E-state index contributed by atoms with van der Waals surface area (Å²) >= 11 is 7.43. The lowest BCUT2D eigenvalue weighted by Crippen LogP contribution is -2.52. The highest BCUT2D eigenvalue weighted by Gasteiger charge is 2.47. The Hall–Kier alpha value is -1.99. The largest absolute Gasteiger partial charge is 0.445 e. The van der Waals surface area contributed by atoms with Crippen molar-refractivity contribution in [1.82, 2.24) is 4.90 Å². The van der Waals surface area contributed by atoms with Gasteiger partial charge in [0.15, 0.2) is 5.92 Å². The van der Waals surface area contributed by atoms with Crippen molar-refractivity contribution in [3.05, 3.63) is 45.1 Å². The van der Waals surface area contributed by atoms with Gasteiger partial charge in [0.25, 0.3) is 5.84 Å². The summed E-state index contributed by atoms with van der Waals surface area (Å²) in [4.78, 5) is 30.8. The molecule has 0 radical (unpaired) electrons. The van der Waals surface area contributed by atoms with E-state index in [4.69, 9.17) is 11.6 Å². The molecule has 130 valence electrons. The van der Waals surface area contributed by atoms with Gasteiger partial charge in [0.05, 0.1) is 14.1 Å². The van der Waals surface area contributed by atoms with Gasteiger partial charge >= 0.3 is 11.9 Å². The lowest BCUT2D eigenvalue weighted by Gasteiger charge is -2.27. The average Bonchev–Trinajstić information content (AvgIpc) is 2.58. The van der Waals surface area contributed by atoms with Crippen LogP contribution in [0.2, 0.25) is 5.02 Å². The third-order valence-electron chi connectivity index (χ3n) is 4.23. The number of thioether (sulfide) groups is 1. The number of aliphatic imine (C=N–C) groups is 1. The maximum Gasteiger partial charge on any atom is 0.445 e. The zero-order chi connectivity index (χ0) is 18.3. The zero-order valence-electron chi connectivity index (χ0n) is 13.9. The van der Waals surface area contributed by atoms with Crippen LogP contribution in [0.1, 0.15) is 12.5 Å². The van der Waals surface area contributed by atoms with Gasteiger partial charge in [-0.25, -0.2) is 9.18 Å². The van der Waals surface area contributed by atoms with Gasteiger partial charge in [-0.05, 0) is 24.6 Å². The van der Waals surface area contributed by atoms with Crippen molar-refractivity contribution in [2.24, 2.45) is 10.9 Å². The number of amides is 3. The molecular weight excluding hydrogens is 365 g/mol. The first-order valence-corrected chi connectivity index (χ1v) is 8.92. The number of nitrogens with zero attached hydrogens (tertiary/aromatic N) is 3. The molecule has 1 aromatic carbocycles. The molecule has 8 heteroatoms. The van der Waals surface area contributed by atoms with E-state index < -0.39 is 11.9 Å². The van der Waals surface area contributed by atoms with E-state index in [1.807, 2.05) is 6.92 Å². The highest BCUT2D eigenvalue weighted by molar-refractivity contribution is 8.02. The molecule has 1 aromatic rings. The minimum Gasteiger partial charge on any atom is -0.255 e. The minimum atomic E-state index is -0.659. The third-order valence-corrected chi connectivity index (χ3v) is 5.88. The molecule has 3 rings (SSSR count). The monoisotopic (exact) mass is 380 g/mol. The molecule has 0 aromatic heterocycles. The molecule has 1 unspecified atom stereocenters. The molecule has 0 N–H and O–H groups in total. The Kier molecular flexibility index (Phi) is 4.79. The van der Waals surface area contributed by atoms with Crippen LogP contribution >= 0.6 is 23.4 Å². The van der Waals surface area contributed by atoms with Crippen LogP contribution in [0.15, 0.2) is 33.7 Å². The van der Waals surface area contributed by atoms with E-state index in [-0.39, 0.29) is 17.5 Å². The number of rotatable bonds is 3. The fourth-order valence-corrected chi connectivity index (χ4v) is 4.33. The third kappa shape index (κ3) is 3.02. The topological polar surface area (TPSA) is 52.8 Å². The zero-order valence-corrected chi connectivity index (χ0v) is 15.5. The summed E-state index contributed by atoms with van der Waals surface area (Å²) in [6, 6.07) is 4.12. The first kappa shape index (κ1) is 17.8. The molecule has 5 nitrogen and oxygen atoms in total. The van der Waals surface area contributed by atoms with Gasteiger partial charge in [-0.2, -0.15) is 9.48 Å². The average molecular weight is 381 g/mol. The number of carbonyl (C=O) groups excluding carboxylic acids is 2. The number of benzene rings is 1. The summed E-state index contributed by atoms with van der Waals surface area (Å²) < 4.78 is 15.4. The Morgan fingerprint density at radius 1 is 1.40 bits per heavy atom. The molecule has 3 amide bonds. The van der Waals surface area contributed by atoms with Gasteiger partial charge in [0.2, 0.25) is 0 Å². The predicted molar refractivity (Wildman–Crippen MR) is 96.7 cm³/mol. The van der Waals surface area contributed by atoms with Gasteiger partial charge < -0.3 is 0 Å². The Labute approximate surface area is 153 Å². The van der Waals surface area contributed by atoms with E-state index in [2.05, 4.69) is 4.99 Å². The Morgan fingerprint density at radius 3 is 2.80 bits per heavy atom. The number of urea groups is 1.